The first-order chi connectivity index (χ1) is 19.0. The Kier molecular flexibility index (Phi) is 6.43. The number of aliphatic hydroxyl groups is 3. The molecule has 216 valence electrons. The number of aliphatic hydroxyl groups excluding tert-OH is 2. The summed E-state index contributed by atoms with van der Waals surface area (Å²) in [5, 5.41) is 46.9. The molecule has 7 heteroatoms. The van der Waals surface area contributed by atoms with E-state index in [1.165, 1.54) is 0 Å². The van der Waals surface area contributed by atoms with Gasteiger partial charge >= 0.3 is 0 Å². The third kappa shape index (κ3) is 3.64. The SMILES string of the molecule is CC(=O)C1=C(O)C(C(C)C)[C@@]2(C)C[C@@]3(C)Cc4c(C(C)C)cc(-c5ccccc5)c(O)c4C(=O)C3=C(O)[C@@]2(O)C1=O. The molecule has 2 aromatic carbocycles. The molecule has 0 heterocycles. The highest BCUT2D eigenvalue weighted by molar-refractivity contribution is 6.25. The first-order valence-corrected chi connectivity index (χ1v) is 14.2. The van der Waals surface area contributed by atoms with Gasteiger partial charge in [-0.1, -0.05) is 71.9 Å². The molecule has 0 aromatic heterocycles. The molecule has 2 aromatic rings. The molecule has 3 aliphatic carbocycles. The number of phenols is 1. The number of hydrogen-bond acceptors (Lipinski definition) is 7. The maximum absolute atomic E-state index is 14.4. The van der Waals surface area contributed by atoms with Crippen molar-refractivity contribution in [3.05, 3.63) is 75.8 Å². The Morgan fingerprint density at radius 2 is 1.61 bits per heavy atom. The van der Waals surface area contributed by atoms with Crippen LogP contribution in [0.4, 0.5) is 0 Å². The van der Waals surface area contributed by atoms with Crippen LogP contribution in [0.15, 0.2) is 59.1 Å². The lowest BCUT2D eigenvalue weighted by Gasteiger charge is -2.59. The van der Waals surface area contributed by atoms with Crippen molar-refractivity contribution in [1.29, 1.82) is 0 Å². The number of carbonyl (C=O) groups excluding carboxylic acids is 3. The molecule has 0 saturated heterocycles. The van der Waals surface area contributed by atoms with Gasteiger partial charge in [0.15, 0.2) is 17.2 Å². The quantitative estimate of drug-likeness (QED) is 0.332. The number of aromatic hydroxyl groups is 1. The Hall–Kier alpha value is -3.71. The number of Topliss-reactive ketones (excluding diaryl/α,β-unsaturated/α-hetero) is 3. The Balaban J connectivity index is 1.84. The van der Waals surface area contributed by atoms with Crippen molar-refractivity contribution in [3.8, 4) is 16.9 Å². The summed E-state index contributed by atoms with van der Waals surface area (Å²) in [4.78, 5) is 40.9. The van der Waals surface area contributed by atoms with Gasteiger partial charge in [-0.3, -0.25) is 14.4 Å². The van der Waals surface area contributed by atoms with Crippen LogP contribution in [-0.4, -0.2) is 43.4 Å². The second kappa shape index (κ2) is 9.15. The van der Waals surface area contributed by atoms with Gasteiger partial charge in [0.1, 0.15) is 22.8 Å². The highest BCUT2D eigenvalue weighted by Crippen LogP contribution is 2.65. The van der Waals surface area contributed by atoms with E-state index < -0.39 is 51.0 Å². The predicted molar refractivity (Wildman–Crippen MR) is 155 cm³/mol. The summed E-state index contributed by atoms with van der Waals surface area (Å²) in [5.74, 6) is -5.08. The Morgan fingerprint density at radius 3 is 2.15 bits per heavy atom. The molecule has 0 amide bonds. The maximum Gasteiger partial charge on any atom is 0.209 e. The molecule has 4 atom stereocenters. The highest BCUT2D eigenvalue weighted by Gasteiger charge is 2.71. The molecule has 0 spiro atoms. The Labute approximate surface area is 240 Å². The molecular formula is C34H38O7. The topological polar surface area (TPSA) is 132 Å². The van der Waals surface area contributed by atoms with E-state index in [1.807, 2.05) is 71.0 Å². The third-order valence-corrected chi connectivity index (χ3v) is 9.75. The summed E-state index contributed by atoms with van der Waals surface area (Å²) >= 11 is 0. The normalized spacial score (nSPS) is 29.6. The molecule has 7 nitrogen and oxygen atoms in total. The molecule has 1 unspecified atom stereocenters. The number of carbonyl (C=O) groups is 3. The van der Waals surface area contributed by atoms with Crippen LogP contribution in [0.5, 0.6) is 5.75 Å². The molecule has 0 saturated carbocycles. The molecule has 0 bridgehead atoms. The van der Waals surface area contributed by atoms with E-state index in [0.29, 0.717) is 11.1 Å². The van der Waals surface area contributed by atoms with E-state index in [4.69, 9.17) is 0 Å². The lowest BCUT2D eigenvalue weighted by molar-refractivity contribution is -0.171. The van der Waals surface area contributed by atoms with Gasteiger partial charge in [0.25, 0.3) is 0 Å². The van der Waals surface area contributed by atoms with Gasteiger partial charge in [-0.2, -0.15) is 0 Å². The number of allylic oxidation sites excluding steroid dienone is 2. The third-order valence-electron chi connectivity index (χ3n) is 9.75. The second-order valence-corrected chi connectivity index (χ2v) is 13.2. The van der Waals surface area contributed by atoms with Crippen molar-refractivity contribution >= 4 is 17.3 Å². The minimum atomic E-state index is -2.62. The molecule has 0 fully saturated rings. The fraction of sp³-hybridized carbons (Fsp3) is 0.441. The van der Waals surface area contributed by atoms with Crippen LogP contribution in [0.1, 0.15) is 82.3 Å². The molecule has 0 radical (unpaired) electrons. The van der Waals surface area contributed by atoms with Gasteiger partial charge in [-0.25, -0.2) is 0 Å². The summed E-state index contributed by atoms with van der Waals surface area (Å²) in [5.41, 5.74) is -2.99. The van der Waals surface area contributed by atoms with Gasteiger partial charge in [0.05, 0.1) is 5.56 Å². The summed E-state index contributed by atoms with van der Waals surface area (Å²) in [6.07, 6.45) is 0.335. The number of ketones is 3. The average molecular weight is 559 g/mol. The van der Waals surface area contributed by atoms with E-state index >= 15 is 0 Å². The van der Waals surface area contributed by atoms with Crippen LogP contribution in [0.3, 0.4) is 0 Å². The van der Waals surface area contributed by atoms with Gasteiger partial charge in [0.2, 0.25) is 5.78 Å². The lowest BCUT2D eigenvalue weighted by Crippen LogP contribution is -2.67. The molecule has 0 aliphatic heterocycles. The van der Waals surface area contributed by atoms with Crippen LogP contribution in [0, 0.1) is 22.7 Å². The van der Waals surface area contributed by atoms with Crippen LogP contribution in [0.2, 0.25) is 0 Å². The fourth-order valence-electron chi connectivity index (χ4n) is 8.18. The number of hydrogen-bond donors (Lipinski definition) is 4. The van der Waals surface area contributed by atoms with Crippen molar-refractivity contribution in [2.75, 3.05) is 0 Å². The number of benzene rings is 2. The lowest BCUT2D eigenvalue weighted by atomic mass is 9.44. The zero-order valence-corrected chi connectivity index (χ0v) is 24.6. The minimum Gasteiger partial charge on any atom is -0.511 e. The van der Waals surface area contributed by atoms with Crippen molar-refractivity contribution in [3.63, 3.8) is 0 Å². The maximum atomic E-state index is 14.4. The van der Waals surface area contributed by atoms with E-state index in [-0.39, 0.29) is 47.3 Å². The number of fused-ring (bicyclic) bond motifs is 3. The van der Waals surface area contributed by atoms with Crippen molar-refractivity contribution in [2.24, 2.45) is 22.7 Å². The largest absolute Gasteiger partial charge is 0.511 e. The van der Waals surface area contributed by atoms with Gasteiger partial charge in [-0.15, -0.1) is 0 Å². The number of rotatable bonds is 4. The number of phenolic OH excluding ortho intramolecular Hbond substituents is 1. The van der Waals surface area contributed by atoms with E-state index in [1.54, 1.807) is 6.92 Å². The van der Waals surface area contributed by atoms with E-state index in [9.17, 15) is 34.8 Å². The molecule has 4 N–H and O–H groups in total. The Morgan fingerprint density at radius 1 is 1.00 bits per heavy atom. The van der Waals surface area contributed by atoms with Gasteiger partial charge < -0.3 is 20.4 Å². The van der Waals surface area contributed by atoms with Gasteiger partial charge in [0, 0.05) is 27.9 Å². The summed E-state index contributed by atoms with van der Waals surface area (Å²) in [6.45, 7) is 12.3. The van der Waals surface area contributed by atoms with Crippen LogP contribution in [-0.2, 0) is 16.0 Å². The first kappa shape index (κ1) is 28.8. The zero-order chi connectivity index (χ0) is 30.4. The van der Waals surface area contributed by atoms with Crippen LogP contribution in [0.25, 0.3) is 11.1 Å². The fourth-order valence-corrected chi connectivity index (χ4v) is 8.18. The van der Waals surface area contributed by atoms with Gasteiger partial charge in [-0.05, 0) is 54.4 Å². The van der Waals surface area contributed by atoms with E-state index in [2.05, 4.69) is 0 Å². The molecule has 3 aliphatic rings. The standard InChI is InChI=1S/C34H38O7/c1-16(2)20-13-21(19-11-9-8-10-12-19)27(36)24-22(20)14-32(6)15-33(7)25(17(3)4)28(37)23(18(5)35)30(39)34(33,41)31(40)26(32)29(24)38/h8-13,16-17,25,36-37,40-41H,14-15H2,1-7H3/t25?,32-,33-,34+/m1/s1. The average Bonchev–Trinajstić information content (AvgIpc) is 2.86. The predicted octanol–water partition coefficient (Wildman–Crippen LogP) is 6.14. The van der Waals surface area contributed by atoms with Crippen molar-refractivity contribution in [1.82, 2.24) is 0 Å². The van der Waals surface area contributed by atoms with Crippen molar-refractivity contribution < 1.29 is 34.8 Å². The summed E-state index contributed by atoms with van der Waals surface area (Å²) in [6, 6.07) is 11.1. The van der Waals surface area contributed by atoms with Crippen LogP contribution < -0.4 is 0 Å². The van der Waals surface area contributed by atoms with E-state index in [0.717, 1.165) is 18.1 Å². The monoisotopic (exact) mass is 558 g/mol. The molecular weight excluding hydrogens is 520 g/mol. The summed E-state index contributed by atoms with van der Waals surface area (Å²) < 4.78 is 0. The highest BCUT2D eigenvalue weighted by atomic mass is 16.3. The second-order valence-electron chi connectivity index (χ2n) is 13.2. The van der Waals surface area contributed by atoms with Crippen molar-refractivity contribution in [2.45, 2.75) is 72.8 Å². The first-order valence-electron chi connectivity index (χ1n) is 14.2. The Bertz CT molecular complexity index is 1580. The minimum absolute atomic E-state index is 0.00298. The summed E-state index contributed by atoms with van der Waals surface area (Å²) in [7, 11) is 0. The zero-order valence-electron chi connectivity index (χ0n) is 24.6. The smallest absolute Gasteiger partial charge is 0.209 e. The molecule has 41 heavy (non-hydrogen) atoms. The van der Waals surface area contributed by atoms with Crippen LogP contribution >= 0.6 is 0 Å². The molecule has 5 rings (SSSR count).